The van der Waals surface area contributed by atoms with Crippen LogP contribution in [0.25, 0.3) is 11.0 Å². The maximum absolute atomic E-state index is 13.4. The number of benzene rings is 1. The first-order valence-electron chi connectivity index (χ1n) is 11.8. The van der Waals surface area contributed by atoms with Gasteiger partial charge in [0.05, 0.1) is 6.10 Å². The Balaban J connectivity index is 1.34. The Morgan fingerprint density at radius 3 is 2.86 bits per heavy atom. The largest absolute Gasteiger partial charge is 0.449 e. The van der Waals surface area contributed by atoms with Gasteiger partial charge in [0.2, 0.25) is 5.82 Å². The first kappa shape index (κ1) is 24.7. The molecule has 0 spiro atoms. The number of β-amino-alcohol motifs (C(OH)–C–C–N with tert-alkyl or cyclic N) is 1. The Bertz CT molecular complexity index is 1300. The standard InChI is InChI=1S/C23H26F4N6O3/c24-15-5-4-14-11-32(7-6-13(14)9-15)12-16(34)10-28-20-18-19(21(35)30-22(29-18)23(25,26)27)33(31-20)17-3-1-2-8-36-17/h4-5,9,16-17,34H,1-3,6-8,10-12H2,(H,28,31)(H,29,30,35)/t16-,17?/m0/s1. The highest BCUT2D eigenvalue weighted by molar-refractivity contribution is 5.85. The molecular formula is C23H26F4N6O3. The SMILES string of the molecule is O=c1[nH]c(C(F)(F)F)nc2c(NC[C@H](O)CN3CCc4cc(F)ccc4C3)nn(C3CCCCO3)c12. The summed E-state index contributed by atoms with van der Waals surface area (Å²) in [5.41, 5.74) is 0.611. The maximum atomic E-state index is 13.4. The van der Waals surface area contributed by atoms with Crippen LogP contribution in [0, 0.1) is 5.82 Å². The zero-order valence-corrected chi connectivity index (χ0v) is 19.3. The molecule has 2 aromatic heterocycles. The minimum absolute atomic E-state index is 0.0275. The molecule has 2 atom stereocenters. The molecule has 0 aliphatic carbocycles. The van der Waals surface area contributed by atoms with Crippen molar-refractivity contribution in [2.24, 2.45) is 0 Å². The van der Waals surface area contributed by atoms with Gasteiger partial charge in [-0.15, -0.1) is 5.10 Å². The van der Waals surface area contributed by atoms with E-state index in [1.54, 1.807) is 11.1 Å². The van der Waals surface area contributed by atoms with E-state index in [2.05, 4.69) is 15.4 Å². The number of ether oxygens (including phenoxy) is 1. The Hall–Kier alpha value is -3.03. The van der Waals surface area contributed by atoms with Crippen LogP contribution in [0.1, 0.15) is 42.4 Å². The van der Waals surface area contributed by atoms with E-state index in [9.17, 15) is 27.5 Å². The van der Waals surface area contributed by atoms with Gasteiger partial charge >= 0.3 is 6.18 Å². The second-order valence-corrected chi connectivity index (χ2v) is 9.16. The second-order valence-electron chi connectivity index (χ2n) is 9.16. The van der Waals surface area contributed by atoms with Gasteiger partial charge in [0.25, 0.3) is 5.56 Å². The van der Waals surface area contributed by atoms with Crippen molar-refractivity contribution in [3.63, 3.8) is 0 Å². The molecule has 0 amide bonds. The van der Waals surface area contributed by atoms with Crippen LogP contribution in [-0.2, 0) is 23.9 Å². The number of aromatic amines is 1. The fourth-order valence-electron chi connectivity index (χ4n) is 4.74. The minimum atomic E-state index is -4.85. The van der Waals surface area contributed by atoms with Gasteiger partial charge in [-0.1, -0.05) is 6.07 Å². The molecule has 3 N–H and O–H groups in total. The van der Waals surface area contributed by atoms with Gasteiger partial charge in [0.1, 0.15) is 11.3 Å². The highest BCUT2D eigenvalue weighted by atomic mass is 19.4. The lowest BCUT2D eigenvalue weighted by atomic mass is 9.99. The van der Waals surface area contributed by atoms with Crippen molar-refractivity contribution in [3.05, 3.63) is 51.3 Å². The third-order valence-electron chi connectivity index (χ3n) is 6.49. The molecule has 2 aliphatic rings. The fraction of sp³-hybridized carbons (Fsp3) is 0.522. The van der Waals surface area contributed by atoms with E-state index in [-0.39, 0.29) is 35.8 Å². The van der Waals surface area contributed by atoms with Crippen molar-refractivity contribution >= 4 is 16.9 Å². The minimum Gasteiger partial charge on any atom is -0.390 e. The van der Waals surface area contributed by atoms with Crippen LogP contribution >= 0.6 is 0 Å². The van der Waals surface area contributed by atoms with E-state index in [0.717, 1.165) is 24.0 Å². The summed E-state index contributed by atoms with van der Waals surface area (Å²) in [5, 5.41) is 17.8. The van der Waals surface area contributed by atoms with E-state index in [1.165, 1.54) is 16.8 Å². The number of alkyl halides is 3. The summed E-state index contributed by atoms with van der Waals surface area (Å²) in [6.07, 6.45) is -3.46. The summed E-state index contributed by atoms with van der Waals surface area (Å²) in [5.74, 6) is -1.73. The summed E-state index contributed by atoms with van der Waals surface area (Å²) >= 11 is 0. The van der Waals surface area contributed by atoms with Crippen molar-refractivity contribution in [2.45, 2.75) is 50.7 Å². The van der Waals surface area contributed by atoms with E-state index in [1.807, 2.05) is 4.90 Å². The number of aliphatic hydroxyl groups is 1. The fourth-order valence-corrected chi connectivity index (χ4v) is 4.74. The van der Waals surface area contributed by atoms with Gasteiger partial charge in [-0.05, 0) is 48.9 Å². The van der Waals surface area contributed by atoms with Crippen LogP contribution in [0.4, 0.5) is 23.4 Å². The molecular weight excluding hydrogens is 484 g/mol. The topological polar surface area (TPSA) is 108 Å². The number of aliphatic hydroxyl groups excluding tert-OH is 1. The van der Waals surface area contributed by atoms with Crippen LogP contribution < -0.4 is 10.9 Å². The van der Waals surface area contributed by atoms with Gasteiger partial charge in [0.15, 0.2) is 17.6 Å². The van der Waals surface area contributed by atoms with Crippen molar-refractivity contribution in [3.8, 4) is 0 Å². The molecule has 4 heterocycles. The van der Waals surface area contributed by atoms with Crippen LogP contribution in [0.3, 0.4) is 0 Å². The van der Waals surface area contributed by atoms with Gasteiger partial charge in [-0.25, -0.2) is 14.1 Å². The number of H-pyrrole nitrogens is 1. The molecule has 36 heavy (non-hydrogen) atoms. The molecule has 0 bridgehead atoms. The Kier molecular flexibility index (Phi) is 6.70. The zero-order chi connectivity index (χ0) is 25.4. The highest BCUT2D eigenvalue weighted by Crippen LogP contribution is 2.31. The van der Waals surface area contributed by atoms with Crippen molar-refractivity contribution in [1.29, 1.82) is 0 Å². The molecule has 1 saturated heterocycles. The summed E-state index contributed by atoms with van der Waals surface area (Å²) < 4.78 is 60.4. The number of fused-ring (bicyclic) bond motifs is 2. The number of halogens is 4. The average molecular weight is 510 g/mol. The Morgan fingerprint density at radius 2 is 2.11 bits per heavy atom. The van der Waals surface area contributed by atoms with Gasteiger partial charge < -0.3 is 20.1 Å². The van der Waals surface area contributed by atoms with Gasteiger partial charge in [-0.3, -0.25) is 9.69 Å². The molecule has 0 radical (unpaired) electrons. The van der Waals surface area contributed by atoms with Crippen LogP contribution in [0.5, 0.6) is 0 Å². The molecule has 5 rings (SSSR count). The lowest BCUT2D eigenvalue weighted by Crippen LogP contribution is -2.39. The first-order chi connectivity index (χ1) is 17.2. The number of hydrogen-bond acceptors (Lipinski definition) is 7. The molecule has 0 saturated carbocycles. The molecule has 1 aromatic carbocycles. The second kappa shape index (κ2) is 9.79. The predicted octanol–water partition coefficient (Wildman–Crippen LogP) is 2.81. The van der Waals surface area contributed by atoms with E-state index in [4.69, 9.17) is 4.74 Å². The maximum Gasteiger partial charge on any atom is 0.449 e. The smallest absolute Gasteiger partial charge is 0.390 e. The lowest BCUT2D eigenvalue weighted by Gasteiger charge is -2.30. The number of anilines is 1. The summed E-state index contributed by atoms with van der Waals surface area (Å²) in [7, 11) is 0. The van der Waals surface area contributed by atoms with E-state index in [0.29, 0.717) is 32.5 Å². The molecule has 2 aliphatic heterocycles. The van der Waals surface area contributed by atoms with E-state index < -0.39 is 29.9 Å². The number of hydrogen-bond donors (Lipinski definition) is 3. The molecule has 3 aromatic rings. The first-order valence-corrected chi connectivity index (χ1v) is 11.8. The third kappa shape index (κ3) is 5.08. The van der Waals surface area contributed by atoms with Crippen molar-refractivity contribution < 1.29 is 27.4 Å². The number of nitrogens with one attached hydrogen (secondary N) is 2. The van der Waals surface area contributed by atoms with Gasteiger partial charge in [-0.2, -0.15) is 13.2 Å². The number of nitrogens with zero attached hydrogens (tertiary/aromatic N) is 4. The molecule has 1 fully saturated rings. The normalized spacial score (nSPS) is 19.9. The quantitative estimate of drug-likeness (QED) is 0.438. The molecule has 194 valence electrons. The van der Waals surface area contributed by atoms with Crippen LogP contribution in [0.2, 0.25) is 0 Å². The van der Waals surface area contributed by atoms with E-state index >= 15 is 0 Å². The molecule has 9 nitrogen and oxygen atoms in total. The van der Waals surface area contributed by atoms with Crippen LogP contribution in [0.15, 0.2) is 23.0 Å². The summed E-state index contributed by atoms with van der Waals surface area (Å²) in [6, 6.07) is 4.66. The molecule has 1 unspecified atom stereocenters. The highest BCUT2D eigenvalue weighted by Gasteiger charge is 2.36. The monoisotopic (exact) mass is 510 g/mol. The van der Waals surface area contributed by atoms with Crippen molar-refractivity contribution in [2.75, 3.05) is 31.6 Å². The zero-order valence-electron chi connectivity index (χ0n) is 19.3. The number of rotatable bonds is 6. The van der Waals surface area contributed by atoms with Crippen LogP contribution in [-0.4, -0.2) is 62.1 Å². The lowest BCUT2D eigenvalue weighted by molar-refractivity contribution is -0.144. The van der Waals surface area contributed by atoms with Crippen molar-refractivity contribution in [1.82, 2.24) is 24.6 Å². The average Bonchev–Trinajstić information content (AvgIpc) is 3.22. The van der Waals surface area contributed by atoms with Gasteiger partial charge in [0, 0.05) is 32.8 Å². The molecule has 13 heteroatoms. The summed E-state index contributed by atoms with van der Waals surface area (Å²) in [6.45, 7) is 1.90. The summed E-state index contributed by atoms with van der Waals surface area (Å²) in [4.78, 5) is 20.1. The third-order valence-corrected chi connectivity index (χ3v) is 6.49. The predicted molar refractivity (Wildman–Crippen MR) is 122 cm³/mol. The Labute approximate surface area is 203 Å². The number of aromatic nitrogens is 4. The Morgan fingerprint density at radius 1 is 1.28 bits per heavy atom.